The molecule has 1 amide bonds. The molecule has 224 valence electrons. The highest BCUT2D eigenvalue weighted by Gasteiger charge is 2.35. The number of benzene rings is 2. The van der Waals surface area contributed by atoms with Crippen molar-refractivity contribution in [2.45, 2.75) is 45.6 Å². The van der Waals surface area contributed by atoms with Crippen molar-refractivity contribution < 1.29 is 28.5 Å². The third-order valence-electron chi connectivity index (χ3n) is 7.60. The third-order valence-corrected chi connectivity index (χ3v) is 8.59. The summed E-state index contributed by atoms with van der Waals surface area (Å²) in [6.45, 7) is 5.66. The van der Waals surface area contributed by atoms with Crippen LogP contribution in [0.4, 0.5) is 0 Å². The Bertz CT molecular complexity index is 1750. The summed E-state index contributed by atoms with van der Waals surface area (Å²) in [7, 11) is 0. The normalized spacial score (nSPS) is 17.6. The van der Waals surface area contributed by atoms with Crippen molar-refractivity contribution in [1.29, 1.82) is 0 Å². The van der Waals surface area contributed by atoms with Gasteiger partial charge in [0.05, 0.1) is 28.5 Å². The zero-order valence-electron chi connectivity index (χ0n) is 24.2. The van der Waals surface area contributed by atoms with Gasteiger partial charge < -0.3 is 23.8 Å². The lowest BCUT2D eigenvalue weighted by atomic mass is 9.94. The molecule has 0 radical (unpaired) electrons. The molecule has 0 spiro atoms. The van der Waals surface area contributed by atoms with E-state index in [2.05, 4.69) is 0 Å². The zero-order chi connectivity index (χ0) is 29.9. The first-order valence-electron chi connectivity index (χ1n) is 14.6. The van der Waals surface area contributed by atoms with Crippen LogP contribution in [0.1, 0.15) is 56.7 Å². The molecule has 3 aliphatic heterocycles. The topological polar surface area (TPSA) is 109 Å². The second-order valence-electron chi connectivity index (χ2n) is 10.5. The monoisotopic (exact) mass is 603 g/mol. The van der Waals surface area contributed by atoms with Gasteiger partial charge in [0.2, 0.25) is 6.79 Å². The van der Waals surface area contributed by atoms with E-state index in [4.69, 9.17) is 23.9 Å². The number of nitrogens with zero attached hydrogens (tertiary/aromatic N) is 3. The molecule has 1 fully saturated rings. The first-order valence-corrected chi connectivity index (χ1v) is 15.4. The fraction of sp³-hybridized carbons (Fsp3) is 0.375. The Morgan fingerprint density at radius 2 is 1.84 bits per heavy atom. The fourth-order valence-corrected chi connectivity index (χ4v) is 6.55. The largest absolute Gasteiger partial charge is 0.484 e. The molecule has 2 aromatic carbocycles. The van der Waals surface area contributed by atoms with Crippen LogP contribution in [0.25, 0.3) is 6.08 Å². The molecule has 3 aromatic rings. The molecule has 0 bridgehead atoms. The number of hydrogen-bond acceptors (Lipinski definition) is 9. The minimum Gasteiger partial charge on any atom is -0.484 e. The van der Waals surface area contributed by atoms with E-state index in [1.165, 1.54) is 11.3 Å². The lowest BCUT2D eigenvalue weighted by molar-refractivity contribution is -0.139. The molecular formula is C32H33N3O7S. The Morgan fingerprint density at radius 3 is 2.58 bits per heavy atom. The molecule has 11 heteroatoms. The van der Waals surface area contributed by atoms with Gasteiger partial charge >= 0.3 is 5.97 Å². The number of amides is 1. The van der Waals surface area contributed by atoms with E-state index in [1.807, 2.05) is 36.1 Å². The van der Waals surface area contributed by atoms with E-state index in [1.54, 1.807) is 35.8 Å². The third kappa shape index (κ3) is 5.81. The van der Waals surface area contributed by atoms with Crippen molar-refractivity contribution in [3.05, 3.63) is 84.5 Å². The van der Waals surface area contributed by atoms with Crippen molar-refractivity contribution in [3.63, 3.8) is 0 Å². The highest BCUT2D eigenvalue weighted by Crippen LogP contribution is 2.38. The van der Waals surface area contributed by atoms with E-state index >= 15 is 0 Å². The summed E-state index contributed by atoms with van der Waals surface area (Å²) < 4.78 is 24.3. The molecule has 0 N–H and O–H groups in total. The van der Waals surface area contributed by atoms with Gasteiger partial charge in [0, 0.05) is 13.1 Å². The molecule has 1 saturated heterocycles. The number of aromatic nitrogens is 1. The van der Waals surface area contributed by atoms with Gasteiger partial charge in [-0.2, -0.15) is 0 Å². The quantitative estimate of drug-likeness (QED) is 0.346. The number of hydrogen-bond donors (Lipinski definition) is 0. The number of esters is 1. The van der Waals surface area contributed by atoms with Gasteiger partial charge in [0.25, 0.3) is 11.5 Å². The summed E-state index contributed by atoms with van der Waals surface area (Å²) in [5.74, 6) is 1.24. The Balaban J connectivity index is 1.36. The predicted octanol–water partition coefficient (Wildman–Crippen LogP) is 3.31. The van der Waals surface area contributed by atoms with E-state index in [0.29, 0.717) is 49.8 Å². The second kappa shape index (κ2) is 12.5. The Kier molecular flexibility index (Phi) is 8.33. The van der Waals surface area contributed by atoms with Crippen LogP contribution in [0.3, 0.4) is 0 Å². The van der Waals surface area contributed by atoms with Crippen molar-refractivity contribution in [3.8, 4) is 17.2 Å². The summed E-state index contributed by atoms with van der Waals surface area (Å²) in [6.07, 6.45) is 5.19. The number of carbonyl (C=O) groups excluding carboxylic acids is 2. The van der Waals surface area contributed by atoms with Crippen LogP contribution < -0.4 is 29.1 Å². The van der Waals surface area contributed by atoms with Crippen molar-refractivity contribution >= 4 is 29.3 Å². The van der Waals surface area contributed by atoms with E-state index in [0.717, 1.165) is 37.9 Å². The molecule has 3 aliphatic rings. The van der Waals surface area contributed by atoms with E-state index < -0.39 is 12.0 Å². The standard InChI is InChI=1S/C32H33N3O7S/c1-3-7-23-28(31(38)39-4-2)29(21-10-13-24-25(17-21)42-19-41-24)35-30(37)26(43-32(35)33-23)16-20-8-11-22(12-9-20)40-18-27(36)34-14-5-6-15-34/h8-13,16-17,29H,3-7,14-15,18-19H2,1-2H3/b26-16+/t29-/m1/s1. The number of rotatable bonds is 9. The van der Waals surface area contributed by atoms with E-state index in [-0.39, 0.29) is 31.5 Å². The van der Waals surface area contributed by atoms with Gasteiger partial charge in [0.15, 0.2) is 22.9 Å². The molecular weight excluding hydrogens is 570 g/mol. The van der Waals surface area contributed by atoms with Crippen molar-refractivity contribution in [2.24, 2.45) is 4.99 Å². The van der Waals surface area contributed by atoms with E-state index in [9.17, 15) is 14.4 Å². The van der Waals surface area contributed by atoms with Crippen LogP contribution in [-0.2, 0) is 14.3 Å². The number of likely N-dealkylation sites (tertiary alicyclic amines) is 1. The highest BCUT2D eigenvalue weighted by atomic mass is 32.1. The minimum absolute atomic E-state index is 0.000692. The summed E-state index contributed by atoms with van der Waals surface area (Å²) in [5.41, 5.74) is 2.20. The average molecular weight is 604 g/mol. The number of fused-ring (bicyclic) bond motifs is 2. The summed E-state index contributed by atoms with van der Waals surface area (Å²) in [6, 6.07) is 12.0. The van der Waals surface area contributed by atoms with Crippen LogP contribution in [0.2, 0.25) is 0 Å². The van der Waals surface area contributed by atoms with Gasteiger partial charge in [-0.3, -0.25) is 14.2 Å². The van der Waals surface area contributed by atoms with Crippen molar-refractivity contribution in [1.82, 2.24) is 9.47 Å². The number of thiazole rings is 1. The van der Waals surface area contributed by atoms with Crippen LogP contribution in [0.5, 0.6) is 17.2 Å². The van der Waals surface area contributed by atoms with Gasteiger partial charge in [-0.25, -0.2) is 9.79 Å². The van der Waals surface area contributed by atoms with Crippen LogP contribution >= 0.6 is 11.3 Å². The maximum Gasteiger partial charge on any atom is 0.338 e. The molecule has 10 nitrogen and oxygen atoms in total. The second-order valence-corrected chi connectivity index (χ2v) is 11.5. The number of carbonyl (C=O) groups is 2. The Labute approximate surface area is 252 Å². The summed E-state index contributed by atoms with van der Waals surface area (Å²) >= 11 is 1.27. The molecule has 0 unspecified atom stereocenters. The highest BCUT2D eigenvalue weighted by molar-refractivity contribution is 7.07. The molecule has 0 saturated carbocycles. The van der Waals surface area contributed by atoms with Gasteiger partial charge in [-0.15, -0.1) is 0 Å². The first-order chi connectivity index (χ1) is 21.0. The SMILES string of the molecule is CCCC1=C(C(=O)OCC)[C@@H](c2ccc3c(c2)OCO3)n2c(s/c(=C/c3ccc(OCC(=O)N4CCCC4)cc3)c2=O)=N1. The van der Waals surface area contributed by atoms with Gasteiger partial charge in [0.1, 0.15) is 5.75 Å². The maximum atomic E-state index is 14.0. The minimum atomic E-state index is -0.738. The lowest BCUT2D eigenvalue weighted by Gasteiger charge is -2.25. The first kappa shape index (κ1) is 28.7. The smallest absolute Gasteiger partial charge is 0.338 e. The molecule has 1 aromatic heterocycles. The number of allylic oxidation sites excluding steroid dienone is 1. The molecule has 1 atom stereocenters. The van der Waals surface area contributed by atoms with Gasteiger partial charge in [-0.05, 0) is 67.7 Å². The predicted molar refractivity (Wildman–Crippen MR) is 160 cm³/mol. The average Bonchev–Trinajstić information content (AvgIpc) is 3.77. The van der Waals surface area contributed by atoms with Gasteiger partial charge in [-0.1, -0.05) is 42.9 Å². The van der Waals surface area contributed by atoms with Crippen molar-refractivity contribution in [2.75, 3.05) is 33.1 Å². The molecule has 43 heavy (non-hydrogen) atoms. The molecule has 6 rings (SSSR count). The maximum absolute atomic E-state index is 14.0. The van der Waals surface area contributed by atoms with Crippen LogP contribution in [-0.4, -0.2) is 54.4 Å². The molecule has 4 heterocycles. The van der Waals surface area contributed by atoms with Crippen LogP contribution in [0, 0.1) is 0 Å². The summed E-state index contributed by atoms with van der Waals surface area (Å²) in [4.78, 5) is 46.8. The Morgan fingerprint density at radius 1 is 1.07 bits per heavy atom. The molecule has 0 aliphatic carbocycles. The zero-order valence-corrected chi connectivity index (χ0v) is 25.0. The van der Waals surface area contributed by atoms with Crippen LogP contribution in [0.15, 0.2) is 63.5 Å². The number of ether oxygens (including phenoxy) is 4. The lowest BCUT2D eigenvalue weighted by Crippen LogP contribution is -2.40. The Hall–Kier alpha value is -4.38. The fourth-order valence-electron chi connectivity index (χ4n) is 5.53. The summed E-state index contributed by atoms with van der Waals surface area (Å²) in [5, 5.41) is 0.